The Morgan fingerprint density at radius 1 is 1.36 bits per heavy atom. The number of hydrogen-bond donors (Lipinski definition) is 2. The van der Waals surface area contributed by atoms with Crippen molar-refractivity contribution in [1.82, 2.24) is 0 Å². The third-order valence-electron chi connectivity index (χ3n) is 0.914. The highest BCUT2D eigenvalue weighted by molar-refractivity contribution is 5.89. The monoisotopic (exact) mass is 161 g/mol. The van der Waals surface area contributed by atoms with Crippen LogP contribution in [0.5, 0.6) is 0 Å². The predicted molar refractivity (Wildman–Crippen MR) is 36.4 cm³/mol. The van der Waals surface area contributed by atoms with Crippen LogP contribution in [0.15, 0.2) is 0 Å². The standard InChI is InChI=1S/C6H11NO4/c1-3(7)5(9)11-6(10)4(2)8/h3-4,8H,7H2,1-2H3/t3-,4?/m1/s1. The van der Waals surface area contributed by atoms with Gasteiger partial charge in [0.1, 0.15) is 12.1 Å². The van der Waals surface area contributed by atoms with Crippen molar-refractivity contribution in [2.45, 2.75) is 26.0 Å². The Bertz CT molecular complexity index is 146. The van der Waals surface area contributed by atoms with Crippen LogP contribution < -0.4 is 5.73 Å². The molecular formula is C6H11NO4. The van der Waals surface area contributed by atoms with E-state index in [0.29, 0.717) is 0 Å². The van der Waals surface area contributed by atoms with Gasteiger partial charge in [-0.25, -0.2) is 9.59 Å². The Labute approximate surface area is 64.1 Å². The van der Waals surface area contributed by atoms with Gasteiger partial charge in [0.15, 0.2) is 0 Å². The van der Waals surface area contributed by atoms with Crippen molar-refractivity contribution >= 4 is 11.9 Å². The number of aliphatic hydroxyl groups excluding tert-OH is 1. The van der Waals surface area contributed by atoms with Crippen molar-refractivity contribution in [3.05, 3.63) is 0 Å². The van der Waals surface area contributed by atoms with E-state index in [4.69, 9.17) is 10.8 Å². The van der Waals surface area contributed by atoms with Gasteiger partial charge >= 0.3 is 11.9 Å². The number of esters is 2. The number of rotatable bonds is 2. The molecule has 3 N–H and O–H groups in total. The molecule has 0 aromatic heterocycles. The minimum atomic E-state index is -1.29. The summed E-state index contributed by atoms with van der Waals surface area (Å²) in [6, 6.07) is -0.849. The van der Waals surface area contributed by atoms with Gasteiger partial charge in [-0.2, -0.15) is 0 Å². The summed E-state index contributed by atoms with van der Waals surface area (Å²) in [6.45, 7) is 2.59. The molecule has 0 aliphatic rings. The van der Waals surface area contributed by atoms with E-state index in [1.165, 1.54) is 13.8 Å². The predicted octanol–water partition coefficient (Wildman–Crippen LogP) is -1.22. The number of hydrogen-bond acceptors (Lipinski definition) is 5. The van der Waals surface area contributed by atoms with E-state index >= 15 is 0 Å². The first kappa shape index (κ1) is 10.1. The number of carbonyl (C=O) groups excluding carboxylic acids is 2. The average Bonchev–Trinajstić information content (AvgIpc) is 1.87. The minimum absolute atomic E-state index is 0.837. The molecule has 0 spiro atoms. The Balaban J connectivity index is 3.86. The number of ether oxygens (including phenoxy) is 1. The lowest BCUT2D eigenvalue weighted by molar-refractivity contribution is -0.165. The summed E-state index contributed by atoms with van der Waals surface area (Å²) in [5, 5.41) is 8.58. The number of aliphatic hydroxyl groups is 1. The molecule has 11 heavy (non-hydrogen) atoms. The van der Waals surface area contributed by atoms with E-state index in [1.807, 2.05) is 0 Å². The maximum Gasteiger partial charge on any atom is 0.342 e. The van der Waals surface area contributed by atoms with Crippen molar-refractivity contribution < 1.29 is 19.4 Å². The van der Waals surface area contributed by atoms with Gasteiger partial charge < -0.3 is 15.6 Å². The molecule has 0 amide bonds. The molecule has 5 heteroatoms. The molecule has 0 aliphatic heterocycles. The Morgan fingerprint density at radius 2 is 1.82 bits per heavy atom. The molecule has 0 aliphatic carbocycles. The minimum Gasteiger partial charge on any atom is -0.390 e. The van der Waals surface area contributed by atoms with Crippen molar-refractivity contribution in [1.29, 1.82) is 0 Å². The molecule has 64 valence electrons. The van der Waals surface area contributed by atoms with Crippen molar-refractivity contribution in [2.24, 2.45) is 5.73 Å². The molecule has 5 nitrogen and oxygen atoms in total. The van der Waals surface area contributed by atoms with Crippen molar-refractivity contribution in [2.75, 3.05) is 0 Å². The third kappa shape index (κ3) is 3.69. The molecule has 2 atom stereocenters. The fraction of sp³-hybridized carbons (Fsp3) is 0.667. The van der Waals surface area contributed by atoms with Crippen LogP contribution in [0.4, 0.5) is 0 Å². The van der Waals surface area contributed by atoms with Crippen LogP contribution in [0.2, 0.25) is 0 Å². The molecule has 0 rings (SSSR count). The summed E-state index contributed by atoms with van der Waals surface area (Å²) in [5.41, 5.74) is 5.08. The summed E-state index contributed by atoms with van der Waals surface area (Å²) in [7, 11) is 0. The van der Waals surface area contributed by atoms with Crippen LogP contribution in [0.25, 0.3) is 0 Å². The van der Waals surface area contributed by atoms with E-state index in [-0.39, 0.29) is 0 Å². The lowest BCUT2D eigenvalue weighted by Gasteiger charge is -2.05. The number of nitrogens with two attached hydrogens (primary N) is 1. The Morgan fingerprint density at radius 3 is 2.09 bits per heavy atom. The summed E-state index contributed by atoms with van der Waals surface area (Å²) in [4.78, 5) is 21.1. The van der Waals surface area contributed by atoms with Crippen LogP contribution in [0, 0.1) is 0 Å². The lowest BCUT2D eigenvalue weighted by Crippen LogP contribution is -2.33. The zero-order valence-electron chi connectivity index (χ0n) is 6.40. The van der Waals surface area contributed by atoms with Gasteiger partial charge in [-0.15, -0.1) is 0 Å². The van der Waals surface area contributed by atoms with Gasteiger partial charge in [-0.1, -0.05) is 0 Å². The van der Waals surface area contributed by atoms with Gasteiger partial charge in [0.05, 0.1) is 0 Å². The first-order valence-electron chi connectivity index (χ1n) is 3.14. The van der Waals surface area contributed by atoms with Gasteiger partial charge in [0.2, 0.25) is 0 Å². The Kier molecular flexibility index (Phi) is 3.70. The third-order valence-corrected chi connectivity index (χ3v) is 0.914. The Hall–Kier alpha value is -0.940. The zero-order chi connectivity index (χ0) is 9.02. The quantitative estimate of drug-likeness (QED) is 0.391. The van der Waals surface area contributed by atoms with Crippen LogP contribution in [0.1, 0.15) is 13.8 Å². The second-order valence-electron chi connectivity index (χ2n) is 2.20. The molecule has 0 bridgehead atoms. The zero-order valence-corrected chi connectivity index (χ0v) is 6.40. The van der Waals surface area contributed by atoms with E-state index in [1.54, 1.807) is 0 Å². The molecule has 0 saturated carbocycles. The summed E-state index contributed by atoms with van der Waals surface area (Å²) >= 11 is 0. The highest BCUT2D eigenvalue weighted by Crippen LogP contribution is 1.89. The fourth-order valence-electron chi connectivity index (χ4n) is 0.277. The highest BCUT2D eigenvalue weighted by Gasteiger charge is 2.17. The normalized spacial score (nSPS) is 15.3. The second kappa shape index (κ2) is 4.05. The van der Waals surface area contributed by atoms with Gasteiger partial charge in [-0.05, 0) is 13.8 Å². The lowest BCUT2D eigenvalue weighted by atomic mass is 10.4. The molecule has 0 radical (unpaired) electrons. The van der Waals surface area contributed by atoms with E-state index in [2.05, 4.69) is 4.74 Å². The van der Waals surface area contributed by atoms with Crippen LogP contribution >= 0.6 is 0 Å². The van der Waals surface area contributed by atoms with Gasteiger partial charge in [-0.3, -0.25) is 0 Å². The molecule has 0 heterocycles. The second-order valence-corrected chi connectivity index (χ2v) is 2.20. The molecular weight excluding hydrogens is 150 g/mol. The summed E-state index contributed by atoms with van der Waals surface area (Å²) in [6.07, 6.45) is -1.29. The van der Waals surface area contributed by atoms with Crippen LogP contribution in [-0.2, 0) is 14.3 Å². The first-order valence-corrected chi connectivity index (χ1v) is 3.14. The van der Waals surface area contributed by atoms with Crippen molar-refractivity contribution in [3.63, 3.8) is 0 Å². The molecule has 0 aromatic carbocycles. The van der Waals surface area contributed by atoms with Gasteiger partial charge in [0.25, 0.3) is 0 Å². The molecule has 0 aromatic rings. The van der Waals surface area contributed by atoms with Crippen LogP contribution in [0.3, 0.4) is 0 Å². The van der Waals surface area contributed by atoms with Gasteiger partial charge in [0, 0.05) is 0 Å². The fourth-order valence-corrected chi connectivity index (χ4v) is 0.277. The average molecular weight is 161 g/mol. The van der Waals surface area contributed by atoms with E-state index < -0.39 is 24.1 Å². The van der Waals surface area contributed by atoms with E-state index in [0.717, 1.165) is 0 Å². The highest BCUT2D eigenvalue weighted by atomic mass is 16.6. The molecule has 0 fully saturated rings. The maximum absolute atomic E-state index is 10.6. The summed E-state index contributed by atoms with van der Waals surface area (Å²) in [5.74, 6) is -1.82. The smallest absolute Gasteiger partial charge is 0.342 e. The largest absolute Gasteiger partial charge is 0.390 e. The maximum atomic E-state index is 10.6. The SMILES string of the molecule is CC(O)C(=O)OC(=O)[C@@H](C)N. The summed E-state index contributed by atoms with van der Waals surface area (Å²) < 4.78 is 4.12. The van der Waals surface area contributed by atoms with Crippen LogP contribution in [-0.4, -0.2) is 29.2 Å². The molecule has 0 saturated heterocycles. The van der Waals surface area contributed by atoms with Crippen molar-refractivity contribution in [3.8, 4) is 0 Å². The topological polar surface area (TPSA) is 89.6 Å². The molecule has 1 unspecified atom stereocenters. The first-order chi connectivity index (χ1) is 4.95. The number of carbonyl (C=O) groups is 2. The van der Waals surface area contributed by atoms with E-state index in [9.17, 15) is 9.59 Å².